The number of hydrogen-bond donors (Lipinski definition) is 2. The van der Waals surface area contributed by atoms with Crippen molar-refractivity contribution in [1.82, 2.24) is 4.90 Å². The molecule has 1 aromatic carbocycles. The number of likely N-dealkylation sites (tertiary alicyclic amines) is 1. The molecule has 1 aromatic rings. The maximum Gasteiger partial charge on any atom is 0.253 e. The van der Waals surface area contributed by atoms with Crippen LogP contribution in [0.25, 0.3) is 0 Å². The van der Waals surface area contributed by atoms with Crippen molar-refractivity contribution in [3.63, 3.8) is 0 Å². The third kappa shape index (κ3) is 3.26. The van der Waals surface area contributed by atoms with Crippen LogP contribution in [0.3, 0.4) is 0 Å². The summed E-state index contributed by atoms with van der Waals surface area (Å²) in [6.07, 6.45) is 0.391. The number of rotatable bonds is 3. The fourth-order valence-electron chi connectivity index (χ4n) is 2.44. The Bertz CT molecular complexity index is 430. The number of carbonyl (C=O) groups is 1. The van der Waals surface area contributed by atoms with Crippen molar-refractivity contribution in [1.29, 1.82) is 0 Å². The van der Waals surface area contributed by atoms with Gasteiger partial charge in [-0.15, -0.1) is 0 Å². The minimum atomic E-state index is -0.278. The van der Waals surface area contributed by atoms with Crippen LogP contribution in [0.15, 0.2) is 24.3 Å². The van der Waals surface area contributed by atoms with Gasteiger partial charge < -0.3 is 15.3 Å². The zero-order valence-electron chi connectivity index (χ0n) is 11.6. The van der Waals surface area contributed by atoms with E-state index in [1.165, 1.54) is 0 Å². The third-order valence-corrected chi connectivity index (χ3v) is 3.66. The molecule has 0 bridgehead atoms. The largest absolute Gasteiger partial charge is 0.393 e. The Morgan fingerprint density at radius 3 is 2.68 bits per heavy atom. The van der Waals surface area contributed by atoms with E-state index in [2.05, 4.69) is 5.32 Å². The number of nitrogens with zero attached hydrogens (tertiary/aromatic N) is 1. The van der Waals surface area contributed by atoms with Gasteiger partial charge in [0.2, 0.25) is 0 Å². The number of amides is 1. The van der Waals surface area contributed by atoms with Crippen LogP contribution in [0, 0.1) is 5.92 Å². The molecule has 0 aliphatic carbocycles. The summed E-state index contributed by atoms with van der Waals surface area (Å²) in [5, 5.41) is 12.9. The molecule has 1 amide bonds. The number of carbonyl (C=O) groups excluding carboxylic acids is 1. The normalized spacial score (nSPS) is 23.2. The van der Waals surface area contributed by atoms with Crippen molar-refractivity contribution < 1.29 is 9.90 Å². The molecule has 4 nitrogen and oxygen atoms in total. The molecule has 2 rings (SSSR count). The predicted octanol–water partition coefficient (Wildman–Crippen LogP) is 1.96. The molecule has 1 fully saturated rings. The lowest BCUT2D eigenvalue weighted by molar-refractivity contribution is 0.0297. The molecular formula is C15H22N2O2. The van der Waals surface area contributed by atoms with E-state index in [-0.39, 0.29) is 17.9 Å². The van der Waals surface area contributed by atoms with Crippen LogP contribution in [-0.2, 0) is 0 Å². The van der Waals surface area contributed by atoms with E-state index in [1.807, 2.05) is 43.0 Å². The van der Waals surface area contributed by atoms with Gasteiger partial charge in [-0.3, -0.25) is 4.79 Å². The number of hydrogen-bond acceptors (Lipinski definition) is 3. The summed E-state index contributed by atoms with van der Waals surface area (Å²) in [6, 6.07) is 7.57. The molecule has 0 radical (unpaired) electrons. The van der Waals surface area contributed by atoms with E-state index in [0.717, 1.165) is 12.2 Å². The number of piperidine rings is 1. The minimum absolute atomic E-state index is 0.0572. The fourth-order valence-corrected chi connectivity index (χ4v) is 2.44. The summed E-state index contributed by atoms with van der Waals surface area (Å²) in [4.78, 5) is 14.2. The molecule has 0 aromatic heterocycles. The number of aliphatic hydroxyl groups is 1. The molecule has 1 heterocycles. The first kappa shape index (κ1) is 13.9. The van der Waals surface area contributed by atoms with E-state index in [4.69, 9.17) is 0 Å². The first-order chi connectivity index (χ1) is 9.11. The van der Waals surface area contributed by atoms with Gasteiger partial charge in [0.15, 0.2) is 0 Å². The predicted molar refractivity (Wildman–Crippen MR) is 76.3 cm³/mol. The summed E-state index contributed by atoms with van der Waals surface area (Å²) in [5.41, 5.74) is 1.74. The Morgan fingerprint density at radius 1 is 1.42 bits per heavy atom. The van der Waals surface area contributed by atoms with Gasteiger partial charge in [0.05, 0.1) is 6.10 Å². The van der Waals surface area contributed by atoms with E-state index in [0.29, 0.717) is 25.1 Å². The minimum Gasteiger partial charge on any atom is -0.393 e. The average Bonchev–Trinajstić information content (AvgIpc) is 2.42. The molecule has 19 heavy (non-hydrogen) atoms. The van der Waals surface area contributed by atoms with Crippen LogP contribution >= 0.6 is 0 Å². The SMILES string of the molecule is CCNc1ccc(C(=O)N2CCC(O)C(C)C2)cc1. The van der Waals surface area contributed by atoms with Gasteiger partial charge in [-0.25, -0.2) is 0 Å². The van der Waals surface area contributed by atoms with Crippen LogP contribution in [0.2, 0.25) is 0 Å². The van der Waals surface area contributed by atoms with Crippen molar-refractivity contribution in [2.45, 2.75) is 26.4 Å². The highest BCUT2D eigenvalue weighted by atomic mass is 16.3. The van der Waals surface area contributed by atoms with Gasteiger partial charge in [0.25, 0.3) is 5.91 Å². The lowest BCUT2D eigenvalue weighted by atomic mass is 9.96. The number of benzene rings is 1. The first-order valence-corrected chi connectivity index (χ1v) is 6.93. The molecule has 1 aliphatic heterocycles. The Morgan fingerprint density at radius 2 is 2.11 bits per heavy atom. The molecule has 4 heteroatoms. The first-order valence-electron chi connectivity index (χ1n) is 6.93. The second-order valence-electron chi connectivity index (χ2n) is 5.19. The second-order valence-corrected chi connectivity index (χ2v) is 5.19. The van der Waals surface area contributed by atoms with E-state index in [1.54, 1.807) is 0 Å². The number of aliphatic hydroxyl groups excluding tert-OH is 1. The van der Waals surface area contributed by atoms with Gasteiger partial charge in [-0.1, -0.05) is 6.92 Å². The maximum absolute atomic E-state index is 12.3. The average molecular weight is 262 g/mol. The molecule has 0 spiro atoms. The second kappa shape index (κ2) is 6.06. The summed E-state index contributed by atoms with van der Waals surface area (Å²) >= 11 is 0. The highest BCUT2D eigenvalue weighted by molar-refractivity contribution is 5.94. The maximum atomic E-state index is 12.3. The molecule has 2 unspecified atom stereocenters. The zero-order valence-corrected chi connectivity index (χ0v) is 11.6. The molecule has 1 saturated heterocycles. The Hall–Kier alpha value is -1.55. The lowest BCUT2D eigenvalue weighted by Gasteiger charge is -2.34. The van der Waals surface area contributed by atoms with Gasteiger partial charge in [0.1, 0.15) is 0 Å². The number of nitrogens with one attached hydrogen (secondary N) is 1. The monoisotopic (exact) mass is 262 g/mol. The molecular weight excluding hydrogens is 240 g/mol. The van der Waals surface area contributed by atoms with Crippen LogP contribution in [-0.4, -0.2) is 41.7 Å². The van der Waals surface area contributed by atoms with Crippen molar-refractivity contribution in [2.75, 3.05) is 25.0 Å². The third-order valence-electron chi connectivity index (χ3n) is 3.66. The van der Waals surface area contributed by atoms with Crippen LogP contribution in [0.5, 0.6) is 0 Å². The summed E-state index contributed by atoms with van der Waals surface area (Å²) < 4.78 is 0. The molecule has 0 saturated carbocycles. The molecule has 2 atom stereocenters. The standard InChI is InChI=1S/C15H22N2O2/c1-3-16-13-6-4-12(5-7-13)15(19)17-9-8-14(18)11(2)10-17/h4-7,11,14,16,18H,3,8-10H2,1-2H3. The fraction of sp³-hybridized carbons (Fsp3) is 0.533. The van der Waals surface area contributed by atoms with Crippen molar-refractivity contribution in [3.05, 3.63) is 29.8 Å². The van der Waals surface area contributed by atoms with Gasteiger partial charge in [-0.2, -0.15) is 0 Å². The zero-order chi connectivity index (χ0) is 13.8. The highest BCUT2D eigenvalue weighted by Gasteiger charge is 2.27. The van der Waals surface area contributed by atoms with E-state index < -0.39 is 0 Å². The van der Waals surface area contributed by atoms with Gasteiger partial charge >= 0.3 is 0 Å². The number of anilines is 1. The summed E-state index contributed by atoms with van der Waals surface area (Å²) in [5.74, 6) is 0.209. The summed E-state index contributed by atoms with van der Waals surface area (Å²) in [6.45, 7) is 6.17. The van der Waals surface area contributed by atoms with Gasteiger partial charge in [-0.05, 0) is 43.5 Å². The molecule has 1 aliphatic rings. The quantitative estimate of drug-likeness (QED) is 0.875. The topological polar surface area (TPSA) is 52.6 Å². The van der Waals surface area contributed by atoms with Crippen LogP contribution in [0.1, 0.15) is 30.6 Å². The smallest absolute Gasteiger partial charge is 0.253 e. The summed E-state index contributed by atoms with van der Waals surface area (Å²) in [7, 11) is 0. The highest BCUT2D eigenvalue weighted by Crippen LogP contribution is 2.19. The van der Waals surface area contributed by atoms with Crippen LogP contribution in [0.4, 0.5) is 5.69 Å². The van der Waals surface area contributed by atoms with Crippen LogP contribution < -0.4 is 5.32 Å². The molecule has 104 valence electrons. The Kier molecular flexibility index (Phi) is 4.43. The van der Waals surface area contributed by atoms with Gasteiger partial charge in [0, 0.05) is 30.9 Å². The van der Waals surface area contributed by atoms with E-state index >= 15 is 0 Å². The van der Waals surface area contributed by atoms with Crippen molar-refractivity contribution >= 4 is 11.6 Å². The van der Waals surface area contributed by atoms with E-state index in [9.17, 15) is 9.90 Å². The Labute approximate surface area is 114 Å². The Balaban J connectivity index is 2.03. The molecule has 2 N–H and O–H groups in total. The lowest BCUT2D eigenvalue weighted by Crippen LogP contribution is -2.44. The van der Waals surface area contributed by atoms with Crippen molar-refractivity contribution in [2.24, 2.45) is 5.92 Å². The van der Waals surface area contributed by atoms with Crippen molar-refractivity contribution in [3.8, 4) is 0 Å².